The van der Waals surface area contributed by atoms with E-state index in [-0.39, 0.29) is 16.6 Å². The third kappa shape index (κ3) is 6.68. The van der Waals surface area contributed by atoms with Crippen LogP contribution in [0.2, 0.25) is 0 Å². The maximum absolute atomic E-state index is 12.3. The normalized spacial score (nSPS) is 11.7. The smallest absolute Gasteiger partial charge is 0.404 e. The number of aromatic amines is 2. The first-order valence-corrected chi connectivity index (χ1v) is 20.6. The van der Waals surface area contributed by atoms with Gasteiger partial charge in [0, 0.05) is 43.8 Å². The first-order chi connectivity index (χ1) is 28.5. The molecule has 12 nitrogen and oxygen atoms in total. The molecule has 0 saturated heterocycles. The van der Waals surface area contributed by atoms with Crippen LogP contribution in [0.5, 0.6) is 11.5 Å². The topological polar surface area (TPSA) is 154 Å². The molecule has 2 aliphatic rings. The molecule has 3 aromatic heterocycles. The van der Waals surface area contributed by atoms with Gasteiger partial charge in [-0.1, -0.05) is 133 Å². The third-order valence-electron chi connectivity index (χ3n) is 9.60. The number of fused-ring (bicyclic) bond motifs is 20. The summed E-state index contributed by atoms with van der Waals surface area (Å²) in [5, 5.41) is 3.82. The zero-order chi connectivity index (χ0) is 39.1. The molecule has 2 N–H and O–H groups in total. The zero-order valence-electron chi connectivity index (χ0n) is 30.8. The molecule has 0 amide bonds. The van der Waals surface area contributed by atoms with Crippen LogP contribution < -0.4 is 9.05 Å². The molecule has 0 aliphatic carbocycles. The molecule has 0 spiro atoms. The van der Waals surface area contributed by atoms with Crippen molar-refractivity contribution in [2.24, 2.45) is 0 Å². The molecule has 11 rings (SSSR count). The summed E-state index contributed by atoms with van der Waals surface area (Å²) in [7, 11) is -3.58. The second-order valence-corrected chi connectivity index (χ2v) is 16.0. The van der Waals surface area contributed by atoms with Gasteiger partial charge in [0.05, 0.1) is 0 Å². The largest absolute Gasteiger partial charge is 0.558 e. The molecule has 0 atom stereocenters. The molecule has 14 heteroatoms. The number of rotatable bonds is 5. The van der Waals surface area contributed by atoms with E-state index in [1.165, 1.54) is 0 Å². The summed E-state index contributed by atoms with van der Waals surface area (Å²) >= 11 is 0.255. The minimum absolute atomic E-state index is 0.255. The van der Waals surface area contributed by atoms with Crippen LogP contribution in [0.1, 0.15) is 0 Å². The van der Waals surface area contributed by atoms with E-state index >= 15 is 0 Å². The number of para-hydroxylation sites is 2. The number of hydrogen-bond acceptors (Lipinski definition) is 10. The fourth-order valence-corrected chi connectivity index (χ4v) is 8.30. The highest BCUT2D eigenvalue weighted by atomic mass is 31.2. The predicted octanol–water partition coefficient (Wildman–Crippen LogP) is 9.69. The van der Waals surface area contributed by atoms with Crippen molar-refractivity contribution in [3.63, 3.8) is 0 Å². The number of aromatic nitrogens is 8. The van der Waals surface area contributed by atoms with Crippen molar-refractivity contribution in [2.75, 3.05) is 0 Å². The van der Waals surface area contributed by atoms with Gasteiger partial charge in [0.25, 0.3) is 0 Å². The van der Waals surface area contributed by atoms with Crippen molar-refractivity contribution in [2.45, 2.75) is 0 Å². The summed E-state index contributed by atoms with van der Waals surface area (Å²) in [5.41, 5.74) is 6.45. The molecule has 8 bridgehead atoms. The number of phosphoric acid groups is 1. The maximum Gasteiger partial charge on any atom is 0.558 e. The maximum atomic E-state index is 12.3. The Bertz CT molecular complexity index is 2870. The molecule has 9 aromatic rings. The average Bonchev–Trinajstić information content (AvgIpc) is 4.00. The van der Waals surface area contributed by atoms with Gasteiger partial charge in [0.1, 0.15) is 34.1 Å². The van der Waals surface area contributed by atoms with Crippen molar-refractivity contribution in [3.8, 4) is 57.1 Å². The molecular weight excluding hydrogens is 762 g/mol. The van der Waals surface area contributed by atoms with Crippen LogP contribution in [0.4, 0.5) is 0 Å². The highest BCUT2D eigenvalue weighted by Gasteiger charge is 2.27. The average molecular weight is 793 g/mol. The van der Waals surface area contributed by atoms with E-state index in [0.29, 0.717) is 57.4 Å². The van der Waals surface area contributed by atoms with E-state index in [0.717, 1.165) is 43.8 Å². The van der Waals surface area contributed by atoms with Gasteiger partial charge in [0.15, 0.2) is 23.3 Å². The molecule has 6 aromatic carbocycles. The van der Waals surface area contributed by atoms with Crippen LogP contribution >= 0.6 is 7.82 Å². The van der Waals surface area contributed by atoms with Crippen LogP contribution in [0.25, 0.3) is 89.7 Å². The van der Waals surface area contributed by atoms with E-state index < -0.39 is 7.82 Å². The number of hydrogen-bond donors (Lipinski definition) is 2. The molecule has 5 heterocycles. The molecule has 278 valence electrons. The standard InChI is InChI=1S/C32H18N8.C12H11O4P.Al.2H/c1-2-10-18-17(9-1)25-33-26(18)38-28-21-13-5-6-14-22(21)30(35-28)40-32-24-16-8-7-15-23(24)31(36-32)39-29-20-12-4-3-11-19(20)27(34-29)37-25;13-17(14,15-11-7-3-1-4-8-11)16-12-9-5-2-6-10-12;;;/h1-16H,(H2,33,34,35,36,37,38,39,40);1-10H,(H,13,14);;;/q;;+1;;/p-1. The quantitative estimate of drug-likeness (QED) is 0.127. The Kier molecular flexibility index (Phi) is 9.05. The number of phosphoric ester groups is 1. The molecule has 0 unspecified atom stereocenters. The predicted molar refractivity (Wildman–Crippen MR) is 227 cm³/mol. The van der Waals surface area contributed by atoms with E-state index in [1.54, 1.807) is 48.5 Å². The van der Waals surface area contributed by atoms with Crippen molar-refractivity contribution in [1.29, 1.82) is 0 Å². The van der Waals surface area contributed by atoms with Crippen molar-refractivity contribution in [3.05, 3.63) is 158 Å². The Labute approximate surface area is 339 Å². The monoisotopic (exact) mass is 792 g/mol. The van der Waals surface area contributed by atoms with Gasteiger partial charge < -0.3 is 22.6 Å². The van der Waals surface area contributed by atoms with E-state index in [9.17, 15) is 4.57 Å². The third-order valence-corrected chi connectivity index (χ3v) is 12.3. The van der Waals surface area contributed by atoms with Crippen molar-refractivity contribution >= 4 is 68.6 Å². The highest BCUT2D eigenvalue weighted by Crippen LogP contribution is 2.48. The van der Waals surface area contributed by atoms with Gasteiger partial charge in [-0.3, -0.25) is 0 Å². The Balaban J connectivity index is 0.000000191. The molecule has 0 radical (unpaired) electrons. The summed E-state index contributed by atoms with van der Waals surface area (Å²) in [4.78, 5) is 36.8. The van der Waals surface area contributed by atoms with Gasteiger partial charge in [-0.05, 0) is 24.3 Å². The summed E-state index contributed by atoms with van der Waals surface area (Å²) in [6, 6.07) is 49.9. The zero-order valence-corrected chi connectivity index (χ0v) is 33.7. The molecule has 0 saturated carbocycles. The fraction of sp³-hybridized carbons (Fsp3) is 0. The Hall–Kier alpha value is -7.00. The fourth-order valence-electron chi connectivity index (χ4n) is 6.90. The van der Waals surface area contributed by atoms with Crippen molar-refractivity contribution in [1.82, 2.24) is 39.9 Å². The minimum Gasteiger partial charge on any atom is -0.404 e. The van der Waals surface area contributed by atoms with Crippen LogP contribution in [-0.2, 0) is 8.14 Å². The molecule has 2 aliphatic heterocycles. The SMILES string of the molecule is O=P([O][AlH2])(Oc1ccccc1)Oc1ccccc1.c1ccc2c(c1)-c1nc-2nc2[nH]c(nc3nc(nc4[nH]c(n1)c1ccccc41)-c1ccccc1-3)c1ccccc21. The number of H-pyrrole nitrogens is 2. The van der Waals surface area contributed by atoms with Gasteiger partial charge in [-0.25, -0.2) is 34.5 Å². The first-order valence-electron chi connectivity index (χ1n) is 18.4. The van der Waals surface area contributed by atoms with Gasteiger partial charge in [-0.2, -0.15) is 0 Å². The first kappa shape index (κ1) is 35.4. The lowest BCUT2D eigenvalue weighted by molar-refractivity contribution is 0.307. The van der Waals surface area contributed by atoms with Gasteiger partial charge >= 0.3 is 24.4 Å². The molecule has 0 fully saturated rings. The Morgan fingerprint density at radius 1 is 0.379 bits per heavy atom. The van der Waals surface area contributed by atoms with E-state index in [2.05, 4.69) is 9.97 Å². The number of nitrogens with one attached hydrogen (secondary N) is 2. The van der Waals surface area contributed by atoms with Crippen LogP contribution in [0.3, 0.4) is 0 Å². The van der Waals surface area contributed by atoms with Crippen LogP contribution in [0, 0.1) is 0 Å². The lowest BCUT2D eigenvalue weighted by Crippen LogP contribution is -2.03. The Morgan fingerprint density at radius 2 is 0.655 bits per heavy atom. The Morgan fingerprint density at radius 3 is 0.948 bits per heavy atom. The lowest BCUT2D eigenvalue weighted by Gasteiger charge is -2.18. The second kappa shape index (κ2) is 14.8. The van der Waals surface area contributed by atoms with Gasteiger partial charge in [0.2, 0.25) is 0 Å². The minimum atomic E-state index is -3.58. The lowest BCUT2D eigenvalue weighted by atomic mass is 10.1. The summed E-state index contributed by atoms with van der Waals surface area (Å²) in [6.07, 6.45) is 0. The van der Waals surface area contributed by atoms with Gasteiger partial charge in [-0.15, -0.1) is 0 Å². The molecule has 58 heavy (non-hydrogen) atoms. The van der Waals surface area contributed by atoms with E-state index in [1.807, 2.05) is 109 Å². The molecular formula is C44H30AlN8O4P. The number of nitrogens with zero attached hydrogens (tertiary/aromatic N) is 6. The summed E-state index contributed by atoms with van der Waals surface area (Å²) in [6.45, 7) is 0. The van der Waals surface area contributed by atoms with Crippen LogP contribution in [-0.4, -0.2) is 56.5 Å². The summed E-state index contributed by atoms with van der Waals surface area (Å²) < 4.78 is 27.9. The van der Waals surface area contributed by atoms with E-state index in [4.69, 9.17) is 42.5 Å². The summed E-state index contributed by atoms with van der Waals surface area (Å²) in [5.74, 6) is 3.29. The van der Waals surface area contributed by atoms with Crippen LogP contribution in [0.15, 0.2) is 158 Å². The van der Waals surface area contributed by atoms with Crippen molar-refractivity contribution < 1.29 is 17.2 Å². The second-order valence-electron chi connectivity index (χ2n) is 13.2. The highest BCUT2D eigenvalue weighted by molar-refractivity contribution is 7.50. The number of benzene rings is 6.